The summed E-state index contributed by atoms with van der Waals surface area (Å²) < 4.78 is 40.1. The standard InChI is InChI=1S/C18H27BrF2N8O3S.H2S/c1-5-29(32-33-28(4)24-11(2)3)10-12(20)9-22-17-16(26-31-27-17)18(25-30)23-13-6-7-15(21)14(19)8-13;/h6-8,11-12,24,30H,5,9-10H2,1-4H3,(H,22,27)(H,23,25);1H2. The van der Waals surface area contributed by atoms with Gasteiger partial charge in [0.2, 0.25) is 5.82 Å². The topological polar surface area (TPSA) is 123 Å². The van der Waals surface area contributed by atoms with E-state index < -0.39 is 12.0 Å². The minimum Gasteiger partial charge on any atom is -0.362 e. The van der Waals surface area contributed by atoms with E-state index in [-0.39, 0.29) is 54.4 Å². The predicted octanol–water partition coefficient (Wildman–Crippen LogP) is 3.55. The van der Waals surface area contributed by atoms with Crippen LogP contribution in [0.25, 0.3) is 0 Å². The Labute approximate surface area is 216 Å². The maximum atomic E-state index is 14.6. The van der Waals surface area contributed by atoms with Gasteiger partial charge in [-0.3, -0.25) is 10.7 Å². The molecule has 0 saturated carbocycles. The van der Waals surface area contributed by atoms with Crippen LogP contribution in [0.3, 0.4) is 0 Å². The van der Waals surface area contributed by atoms with Crippen LogP contribution in [0, 0.1) is 5.82 Å². The van der Waals surface area contributed by atoms with Gasteiger partial charge < -0.3 is 5.32 Å². The number of nitrogens with one attached hydrogen (secondary N) is 3. The number of rotatable bonds is 13. The van der Waals surface area contributed by atoms with Crippen LogP contribution in [0.15, 0.2) is 32.3 Å². The van der Waals surface area contributed by atoms with Crippen LogP contribution < -0.4 is 16.2 Å². The molecule has 192 valence electrons. The van der Waals surface area contributed by atoms with Crippen molar-refractivity contribution in [2.45, 2.75) is 33.0 Å². The molecule has 0 aliphatic heterocycles. The fraction of sp³-hybridized carbons (Fsp3) is 0.500. The predicted molar refractivity (Wildman–Crippen MR) is 135 cm³/mol. The number of hydrazine groups is 1. The lowest BCUT2D eigenvalue weighted by atomic mass is 10.3. The molecule has 0 fully saturated rings. The van der Waals surface area contributed by atoms with Gasteiger partial charge in [-0.05, 0) is 58.3 Å². The lowest BCUT2D eigenvalue weighted by molar-refractivity contribution is -0.0528. The molecule has 0 saturated heterocycles. The lowest BCUT2D eigenvalue weighted by Crippen LogP contribution is -2.37. The fourth-order valence-electron chi connectivity index (χ4n) is 2.46. The van der Waals surface area contributed by atoms with Crippen LogP contribution in [0.5, 0.6) is 0 Å². The van der Waals surface area contributed by atoms with Gasteiger partial charge in [0, 0.05) is 26.2 Å². The maximum Gasteiger partial charge on any atom is 0.202 e. The largest absolute Gasteiger partial charge is 0.362 e. The van der Waals surface area contributed by atoms with Gasteiger partial charge in [-0.1, -0.05) is 6.92 Å². The van der Waals surface area contributed by atoms with Crippen LogP contribution in [-0.4, -0.2) is 69.7 Å². The molecule has 1 unspecified atom stereocenters. The maximum absolute atomic E-state index is 14.6. The fourth-order valence-corrected chi connectivity index (χ4v) is 3.44. The average molecular weight is 588 g/mol. The van der Waals surface area contributed by atoms with Crippen molar-refractivity contribution in [3.63, 3.8) is 0 Å². The first-order chi connectivity index (χ1) is 15.7. The molecule has 0 amide bonds. The van der Waals surface area contributed by atoms with E-state index in [1.807, 2.05) is 26.3 Å². The third kappa shape index (κ3) is 9.99. The zero-order chi connectivity index (χ0) is 24.4. The molecule has 0 spiro atoms. The summed E-state index contributed by atoms with van der Waals surface area (Å²) in [5.41, 5.74) is 5.36. The molecule has 0 aliphatic carbocycles. The summed E-state index contributed by atoms with van der Waals surface area (Å²) in [6.07, 6.45) is -1.33. The highest BCUT2D eigenvalue weighted by Gasteiger charge is 2.20. The molecule has 1 aromatic heterocycles. The molecule has 16 heteroatoms. The number of anilines is 1. The third-order valence-electron chi connectivity index (χ3n) is 3.90. The van der Waals surface area contributed by atoms with Crippen LogP contribution in [0.1, 0.15) is 26.5 Å². The van der Waals surface area contributed by atoms with E-state index in [0.29, 0.717) is 12.2 Å². The molecule has 2 aromatic rings. The molecular weight excluding hydrogens is 558 g/mol. The van der Waals surface area contributed by atoms with Crippen LogP contribution in [0.4, 0.5) is 20.3 Å². The molecule has 34 heavy (non-hydrogen) atoms. The molecule has 0 radical (unpaired) electrons. The molecule has 1 aromatic carbocycles. The van der Waals surface area contributed by atoms with Gasteiger partial charge in [-0.25, -0.2) is 28.1 Å². The van der Waals surface area contributed by atoms with Crippen molar-refractivity contribution in [2.24, 2.45) is 4.99 Å². The second kappa shape index (κ2) is 15.5. The van der Waals surface area contributed by atoms with Gasteiger partial charge in [0.05, 0.1) is 16.7 Å². The number of halogens is 3. The monoisotopic (exact) mass is 586 g/mol. The van der Waals surface area contributed by atoms with E-state index in [4.69, 9.17) is 8.91 Å². The molecular formula is C18H29BrF2N8O3S2. The van der Waals surface area contributed by atoms with E-state index >= 15 is 0 Å². The van der Waals surface area contributed by atoms with Gasteiger partial charge in [0.25, 0.3) is 0 Å². The van der Waals surface area contributed by atoms with Crippen molar-refractivity contribution < 1.29 is 22.9 Å². The van der Waals surface area contributed by atoms with Crippen molar-refractivity contribution in [1.29, 1.82) is 0 Å². The Kier molecular flexibility index (Phi) is 13.9. The molecule has 1 heterocycles. The Morgan fingerprint density at radius 3 is 2.74 bits per heavy atom. The summed E-state index contributed by atoms with van der Waals surface area (Å²) in [4.78, 5) is 4.15. The van der Waals surface area contributed by atoms with Crippen LogP contribution >= 0.6 is 41.7 Å². The van der Waals surface area contributed by atoms with Crippen molar-refractivity contribution in [2.75, 3.05) is 32.0 Å². The number of aromatic nitrogens is 2. The number of hydroxylamine groups is 3. The van der Waals surface area contributed by atoms with Crippen LogP contribution in [0.2, 0.25) is 0 Å². The highest BCUT2D eigenvalue weighted by atomic mass is 79.9. The molecule has 4 N–H and O–H groups in total. The summed E-state index contributed by atoms with van der Waals surface area (Å²) in [6, 6.07) is 4.26. The molecule has 11 nitrogen and oxygen atoms in total. The van der Waals surface area contributed by atoms with Crippen LogP contribution in [-0.2, 0) is 4.28 Å². The minimum atomic E-state index is -1.33. The van der Waals surface area contributed by atoms with Crippen molar-refractivity contribution in [1.82, 2.24) is 30.7 Å². The van der Waals surface area contributed by atoms with Gasteiger partial charge in [0.15, 0.2) is 11.5 Å². The highest BCUT2D eigenvalue weighted by Crippen LogP contribution is 2.23. The second-order valence-corrected chi connectivity index (χ2v) is 8.72. The highest BCUT2D eigenvalue weighted by molar-refractivity contribution is 9.10. The van der Waals surface area contributed by atoms with Crippen molar-refractivity contribution in [3.8, 4) is 0 Å². The Balaban J connectivity index is 0.00000578. The van der Waals surface area contributed by atoms with E-state index in [1.54, 1.807) is 11.5 Å². The lowest BCUT2D eigenvalue weighted by Gasteiger charge is -2.24. The first kappa shape index (κ1) is 30.5. The first-order valence-corrected chi connectivity index (χ1v) is 11.5. The van der Waals surface area contributed by atoms with Gasteiger partial charge in [-0.2, -0.15) is 23.0 Å². The summed E-state index contributed by atoms with van der Waals surface area (Å²) >= 11 is 4.12. The zero-order valence-corrected chi connectivity index (χ0v) is 22.5. The molecule has 0 bridgehead atoms. The van der Waals surface area contributed by atoms with E-state index in [9.17, 15) is 14.0 Å². The summed E-state index contributed by atoms with van der Waals surface area (Å²) in [6.45, 7) is 6.16. The third-order valence-corrected chi connectivity index (χ3v) is 5.11. The Bertz CT molecular complexity index is 912. The Morgan fingerprint density at radius 1 is 1.38 bits per heavy atom. The van der Waals surface area contributed by atoms with E-state index in [0.717, 1.165) is 12.2 Å². The first-order valence-electron chi connectivity index (χ1n) is 9.97. The average Bonchev–Trinajstić information content (AvgIpc) is 3.23. The number of hydrogen-bond donors (Lipinski definition) is 4. The number of aliphatic imine (C=N–C) groups is 1. The summed E-state index contributed by atoms with van der Waals surface area (Å²) in [5, 5.41) is 21.1. The van der Waals surface area contributed by atoms with Gasteiger partial charge >= 0.3 is 0 Å². The Hall–Kier alpha value is -1.53. The minimum absolute atomic E-state index is 0. The van der Waals surface area contributed by atoms with E-state index in [2.05, 4.69) is 42.0 Å². The van der Waals surface area contributed by atoms with Gasteiger partial charge in [-0.15, -0.1) is 0 Å². The summed E-state index contributed by atoms with van der Waals surface area (Å²) in [7, 11) is 1.80. The molecule has 1 atom stereocenters. The number of alkyl halides is 1. The Morgan fingerprint density at radius 2 is 2.12 bits per heavy atom. The number of benzene rings is 1. The van der Waals surface area contributed by atoms with Crippen molar-refractivity contribution in [3.05, 3.63) is 34.2 Å². The molecule has 2 rings (SSSR count). The van der Waals surface area contributed by atoms with Crippen molar-refractivity contribution >= 4 is 59.0 Å². The summed E-state index contributed by atoms with van der Waals surface area (Å²) in [5.74, 6) is -0.514. The smallest absolute Gasteiger partial charge is 0.202 e. The van der Waals surface area contributed by atoms with Gasteiger partial charge in [0.1, 0.15) is 24.2 Å². The number of amidine groups is 1. The number of hydrogen-bond acceptors (Lipinski definition) is 11. The quantitative estimate of drug-likeness (QED) is 0.0905. The number of nitrogens with zero attached hydrogens (tertiary/aromatic N) is 5. The zero-order valence-electron chi connectivity index (χ0n) is 19.0. The second-order valence-electron chi connectivity index (χ2n) is 7.02. The van der Waals surface area contributed by atoms with E-state index in [1.165, 1.54) is 23.3 Å². The normalized spacial score (nSPS) is 12.9. The SMILES string of the molecule is CCN(CC(F)CNc1nonc1C(=Nc1ccc(F)c(Br)c1)NO)OSN(C)NC(C)C.S. The molecule has 0 aliphatic rings.